The molecular weight excluding hydrogens is 236 g/mol. The predicted molar refractivity (Wildman–Crippen MR) is 32.5 cm³/mol. The third-order valence-corrected chi connectivity index (χ3v) is 0. The van der Waals surface area contributed by atoms with Gasteiger partial charge in [0.05, 0.1) is 0 Å². The number of hydrogen-bond donors (Lipinski definition) is 0. The molecular formula is H15ClO7Y. The maximum Gasteiger partial charge on any atom is 0 e. The van der Waals surface area contributed by atoms with E-state index in [0.717, 1.165) is 0 Å². The third-order valence-electron chi connectivity index (χ3n) is 0. The molecule has 0 amide bonds. The summed E-state index contributed by atoms with van der Waals surface area (Å²) in [5, 5.41) is 0. The van der Waals surface area contributed by atoms with E-state index in [-0.39, 0.29) is 83.4 Å². The van der Waals surface area contributed by atoms with Gasteiger partial charge in [0.1, 0.15) is 0 Å². The Hall–Kier alpha value is 1.11. The van der Waals surface area contributed by atoms with Crippen LogP contribution in [0.1, 0.15) is 0 Å². The second-order valence-corrected chi connectivity index (χ2v) is 0. The molecule has 0 fully saturated rings. The van der Waals surface area contributed by atoms with Crippen LogP contribution < -0.4 is 0 Å². The molecule has 0 aliphatic rings. The van der Waals surface area contributed by atoms with Crippen LogP contribution in [0.3, 0.4) is 0 Å². The topological polar surface area (TPSA) is 220 Å². The van der Waals surface area contributed by atoms with Crippen molar-refractivity contribution in [1.82, 2.24) is 0 Å². The Morgan fingerprint density at radius 2 is 0.333 bits per heavy atom. The van der Waals surface area contributed by atoms with Crippen molar-refractivity contribution < 1.29 is 71.0 Å². The Bertz CT molecular complexity index is 8.88. The zero-order valence-corrected chi connectivity index (χ0v) is 8.14. The summed E-state index contributed by atoms with van der Waals surface area (Å²) in [5.74, 6) is 0. The molecule has 0 saturated carbocycles. The van der Waals surface area contributed by atoms with Crippen LogP contribution in [0.2, 0.25) is 0 Å². The number of rotatable bonds is 0. The van der Waals surface area contributed by atoms with Crippen LogP contribution in [-0.4, -0.2) is 38.3 Å². The molecule has 0 atom stereocenters. The van der Waals surface area contributed by atoms with Crippen LogP contribution in [0.4, 0.5) is 0 Å². The maximum atomic E-state index is 0. The minimum Gasteiger partial charge on any atom is -0.412 e. The summed E-state index contributed by atoms with van der Waals surface area (Å²) in [5.41, 5.74) is 0. The van der Waals surface area contributed by atoms with Crippen LogP contribution in [-0.2, 0) is 32.7 Å². The van der Waals surface area contributed by atoms with Crippen molar-refractivity contribution in [2.45, 2.75) is 0 Å². The molecule has 0 aromatic heterocycles. The molecule has 0 unspecified atom stereocenters. The average Bonchev–Trinajstić information content (AvgIpc) is 0. The Morgan fingerprint density at radius 3 is 0.333 bits per heavy atom. The first-order valence-corrected chi connectivity index (χ1v) is 0. The zero-order valence-electron chi connectivity index (χ0n) is 4.49. The molecule has 1 radical (unpaired) electrons. The fraction of sp³-hybridized carbons (Fsp3) is 0. The summed E-state index contributed by atoms with van der Waals surface area (Å²) in [4.78, 5) is 0. The van der Waals surface area contributed by atoms with E-state index >= 15 is 0 Å². The second kappa shape index (κ2) is 484. The molecule has 0 bridgehead atoms. The van der Waals surface area contributed by atoms with Crippen LogP contribution >= 0.6 is 12.4 Å². The smallest absolute Gasteiger partial charge is 0 e. The van der Waals surface area contributed by atoms with Crippen molar-refractivity contribution in [3.8, 4) is 0 Å². The summed E-state index contributed by atoms with van der Waals surface area (Å²) in [6.45, 7) is 0. The molecule has 0 aliphatic carbocycles. The van der Waals surface area contributed by atoms with Crippen molar-refractivity contribution in [2.24, 2.45) is 0 Å². The largest absolute Gasteiger partial charge is 0.412 e. The first kappa shape index (κ1) is 677. The van der Waals surface area contributed by atoms with Gasteiger partial charge in [-0.1, -0.05) is 0 Å². The Labute approximate surface area is 83.3 Å². The van der Waals surface area contributed by atoms with Gasteiger partial charge in [-0.25, -0.2) is 0 Å². The van der Waals surface area contributed by atoms with Crippen LogP contribution in [0.15, 0.2) is 0 Å². The fourth-order valence-corrected chi connectivity index (χ4v) is 0. The normalized spacial score (nSPS) is 0. The van der Waals surface area contributed by atoms with E-state index in [9.17, 15) is 0 Å². The molecule has 0 aromatic carbocycles. The molecule has 0 heterocycles. The molecule has 9 heavy (non-hydrogen) atoms. The average molecular weight is 251 g/mol. The molecule has 0 saturated heterocycles. The van der Waals surface area contributed by atoms with Gasteiger partial charge in [-0.15, -0.1) is 12.4 Å². The molecule has 67 valence electrons. The summed E-state index contributed by atoms with van der Waals surface area (Å²) < 4.78 is 0. The van der Waals surface area contributed by atoms with Crippen molar-refractivity contribution in [3.63, 3.8) is 0 Å². The van der Waals surface area contributed by atoms with Gasteiger partial charge < -0.3 is 38.3 Å². The third kappa shape index (κ3) is 372. The van der Waals surface area contributed by atoms with E-state index in [0.29, 0.717) is 0 Å². The summed E-state index contributed by atoms with van der Waals surface area (Å²) in [6, 6.07) is 0. The van der Waals surface area contributed by atoms with Crippen molar-refractivity contribution in [1.29, 1.82) is 0 Å². The molecule has 0 spiro atoms. The standard InChI is InChI=1S/ClH.7H2O.Y/h1H;7*1H2;. The maximum absolute atomic E-state index is 0. The molecule has 14 N–H and O–H groups in total. The van der Waals surface area contributed by atoms with E-state index in [2.05, 4.69) is 0 Å². The van der Waals surface area contributed by atoms with E-state index < -0.39 is 0 Å². The van der Waals surface area contributed by atoms with Gasteiger partial charge in [-0.2, -0.15) is 0 Å². The van der Waals surface area contributed by atoms with E-state index in [4.69, 9.17) is 0 Å². The van der Waals surface area contributed by atoms with Crippen molar-refractivity contribution in [3.05, 3.63) is 0 Å². The minimum absolute atomic E-state index is 0. The first-order chi connectivity index (χ1) is 0. The summed E-state index contributed by atoms with van der Waals surface area (Å²) in [7, 11) is 0. The SMILES string of the molecule is Cl.O.O.O.O.O.O.O.[Y]. The van der Waals surface area contributed by atoms with Crippen LogP contribution in [0, 0.1) is 0 Å². The molecule has 0 aromatic rings. The van der Waals surface area contributed by atoms with Gasteiger partial charge in [0.15, 0.2) is 0 Å². The Kier molecular flexibility index (Phi) is 36400. The summed E-state index contributed by atoms with van der Waals surface area (Å²) >= 11 is 0. The van der Waals surface area contributed by atoms with E-state index in [1.165, 1.54) is 0 Å². The molecule has 9 heteroatoms. The van der Waals surface area contributed by atoms with E-state index in [1.807, 2.05) is 0 Å². The van der Waals surface area contributed by atoms with Gasteiger partial charge in [0, 0.05) is 32.7 Å². The van der Waals surface area contributed by atoms with Gasteiger partial charge in [-0.05, 0) is 0 Å². The first-order valence-electron chi connectivity index (χ1n) is 0. The summed E-state index contributed by atoms with van der Waals surface area (Å²) in [6.07, 6.45) is 0. The van der Waals surface area contributed by atoms with Crippen LogP contribution in [0.25, 0.3) is 0 Å². The monoisotopic (exact) mass is 251 g/mol. The predicted octanol–water partition coefficient (Wildman–Crippen LogP) is -5.35. The van der Waals surface area contributed by atoms with Crippen LogP contribution in [0.5, 0.6) is 0 Å². The molecule has 0 rings (SSSR count). The number of halogens is 1. The fourth-order valence-electron chi connectivity index (χ4n) is 0. The zero-order chi connectivity index (χ0) is 0. The van der Waals surface area contributed by atoms with Gasteiger partial charge >= 0.3 is 0 Å². The minimum atomic E-state index is 0. The number of hydrogen-bond acceptors (Lipinski definition) is 0. The Balaban J connectivity index is 0. The van der Waals surface area contributed by atoms with Crippen molar-refractivity contribution >= 4 is 12.4 Å². The van der Waals surface area contributed by atoms with E-state index in [1.54, 1.807) is 0 Å². The molecule has 7 nitrogen and oxygen atoms in total. The Morgan fingerprint density at radius 1 is 0.333 bits per heavy atom. The molecule has 0 aliphatic heterocycles. The van der Waals surface area contributed by atoms with Gasteiger partial charge in [0.2, 0.25) is 0 Å². The van der Waals surface area contributed by atoms with Crippen molar-refractivity contribution in [2.75, 3.05) is 0 Å². The second-order valence-electron chi connectivity index (χ2n) is 0. The quantitative estimate of drug-likeness (QED) is 0.393. The van der Waals surface area contributed by atoms with Gasteiger partial charge in [0.25, 0.3) is 0 Å². The van der Waals surface area contributed by atoms with Gasteiger partial charge in [-0.3, -0.25) is 0 Å².